The first-order valence-electron chi connectivity index (χ1n) is 13.5. The van der Waals surface area contributed by atoms with Gasteiger partial charge >= 0.3 is 0 Å². The van der Waals surface area contributed by atoms with Crippen LogP contribution in [-0.4, -0.2) is 30.4 Å². The summed E-state index contributed by atoms with van der Waals surface area (Å²) in [7, 11) is 3.17. The number of carbonyl (C=O) groups is 1. The number of anilines is 1. The Balaban J connectivity index is 1.44. The van der Waals surface area contributed by atoms with Crippen molar-refractivity contribution < 1.29 is 19.0 Å². The van der Waals surface area contributed by atoms with E-state index in [1.54, 1.807) is 57.5 Å². The summed E-state index contributed by atoms with van der Waals surface area (Å²) >= 11 is 1.23. The first-order chi connectivity index (χ1) is 21.0. The van der Waals surface area contributed by atoms with E-state index in [9.17, 15) is 10.1 Å². The third-order valence-electron chi connectivity index (χ3n) is 6.62. The van der Waals surface area contributed by atoms with Crippen LogP contribution < -0.4 is 19.5 Å². The van der Waals surface area contributed by atoms with Gasteiger partial charge in [-0.3, -0.25) is 4.79 Å². The zero-order valence-corrected chi connectivity index (χ0v) is 24.7. The highest BCUT2D eigenvalue weighted by Crippen LogP contribution is 2.40. The van der Waals surface area contributed by atoms with Crippen LogP contribution in [0.1, 0.15) is 12.5 Å². The Labute approximate surface area is 255 Å². The average Bonchev–Trinajstić information content (AvgIpc) is 3.05. The van der Waals surface area contributed by atoms with E-state index in [4.69, 9.17) is 19.2 Å². The maximum atomic E-state index is 13.3. The highest BCUT2D eigenvalue weighted by atomic mass is 32.2. The number of carbonyl (C=O) groups excluding carboxylic acids is 1. The van der Waals surface area contributed by atoms with Gasteiger partial charge in [-0.25, -0.2) is 4.98 Å². The van der Waals surface area contributed by atoms with Crippen molar-refractivity contribution in [2.45, 2.75) is 17.2 Å². The molecule has 0 spiro atoms. The van der Waals surface area contributed by atoms with Gasteiger partial charge in [0.15, 0.2) is 0 Å². The molecule has 0 saturated heterocycles. The lowest BCUT2D eigenvalue weighted by Crippen LogP contribution is -2.22. The lowest BCUT2D eigenvalue weighted by Gasteiger charge is -2.17. The zero-order valence-electron chi connectivity index (χ0n) is 23.9. The molecule has 1 amide bonds. The fraction of sp³-hybridized carbons (Fsp3) is 0.114. The zero-order chi connectivity index (χ0) is 30.2. The molecule has 0 aliphatic heterocycles. The SMILES string of the molecule is COc1ccc(OC)c(-c2cc(-c3ccccc3)nc(SC(C)C(=O)Nc3ccc(Oc4ccccc4)cc3)c2C#N)c1. The Kier molecular flexibility index (Phi) is 9.25. The van der Waals surface area contributed by atoms with E-state index in [0.717, 1.165) is 11.3 Å². The molecule has 0 saturated carbocycles. The number of thioether (sulfide) groups is 1. The van der Waals surface area contributed by atoms with Gasteiger partial charge in [0.05, 0.1) is 30.7 Å². The average molecular weight is 588 g/mol. The highest BCUT2D eigenvalue weighted by molar-refractivity contribution is 8.00. The van der Waals surface area contributed by atoms with Gasteiger partial charge in [-0.2, -0.15) is 5.26 Å². The van der Waals surface area contributed by atoms with Crippen molar-refractivity contribution in [2.24, 2.45) is 0 Å². The molecule has 0 aliphatic rings. The molecule has 7 nitrogen and oxygen atoms in total. The first-order valence-corrected chi connectivity index (χ1v) is 14.4. The molecule has 5 rings (SSSR count). The van der Waals surface area contributed by atoms with E-state index >= 15 is 0 Å². The molecule has 0 aliphatic carbocycles. The van der Waals surface area contributed by atoms with Gasteiger partial charge in [0.2, 0.25) is 5.91 Å². The molecule has 0 fully saturated rings. The standard InChI is InChI=1S/C35H29N3O4S/c1-23(34(39)37-25-14-16-27(17-15-25)42-26-12-8-5-9-13-26)43-35-31(22-36)29(21-32(38-35)24-10-6-4-7-11-24)30-20-28(40-2)18-19-33(30)41-3/h4-21,23H,1-3H3,(H,37,39). The summed E-state index contributed by atoms with van der Waals surface area (Å²) in [6.07, 6.45) is 0. The minimum atomic E-state index is -0.564. The quantitative estimate of drug-likeness (QED) is 0.165. The maximum Gasteiger partial charge on any atom is 0.237 e. The second-order valence-corrected chi connectivity index (χ2v) is 10.8. The number of nitrogens with one attached hydrogen (secondary N) is 1. The van der Waals surface area contributed by atoms with Crippen molar-refractivity contribution in [3.05, 3.63) is 115 Å². The molecule has 8 heteroatoms. The number of amides is 1. The maximum absolute atomic E-state index is 13.3. The molecular weight excluding hydrogens is 558 g/mol. The Hall–Kier alpha value is -5.26. The first kappa shape index (κ1) is 29.2. The van der Waals surface area contributed by atoms with Crippen molar-refractivity contribution in [1.82, 2.24) is 4.98 Å². The van der Waals surface area contributed by atoms with Gasteiger partial charge in [0.1, 0.15) is 34.1 Å². The van der Waals surface area contributed by atoms with Gasteiger partial charge in [-0.15, -0.1) is 0 Å². The van der Waals surface area contributed by atoms with Crippen molar-refractivity contribution >= 4 is 23.4 Å². The van der Waals surface area contributed by atoms with Gasteiger partial charge < -0.3 is 19.5 Å². The third kappa shape index (κ3) is 6.97. The molecule has 43 heavy (non-hydrogen) atoms. The largest absolute Gasteiger partial charge is 0.497 e. The van der Waals surface area contributed by atoms with E-state index in [-0.39, 0.29) is 5.91 Å². The topological polar surface area (TPSA) is 93.5 Å². The summed E-state index contributed by atoms with van der Waals surface area (Å²) in [6, 6.07) is 36.0. The minimum Gasteiger partial charge on any atom is -0.497 e. The summed E-state index contributed by atoms with van der Waals surface area (Å²) in [5.41, 5.74) is 3.85. The van der Waals surface area contributed by atoms with Gasteiger partial charge in [0.25, 0.3) is 0 Å². The van der Waals surface area contributed by atoms with E-state index in [2.05, 4.69) is 11.4 Å². The number of hydrogen-bond acceptors (Lipinski definition) is 7. The fourth-order valence-electron chi connectivity index (χ4n) is 4.40. The number of nitrogens with zero attached hydrogens (tertiary/aromatic N) is 2. The fourth-order valence-corrected chi connectivity index (χ4v) is 5.33. The Morgan fingerprint density at radius 2 is 1.47 bits per heavy atom. The van der Waals surface area contributed by atoms with Crippen LogP contribution in [0, 0.1) is 11.3 Å². The predicted molar refractivity (Wildman–Crippen MR) is 170 cm³/mol. The predicted octanol–water partition coefficient (Wildman–Crippen LogP) is 8.22. The summed E-state index contributed by atoms with van der Waals surface area (Å²) in [6.45, 7) is 1.79. The Morgan fingerprint density at radius 1 is 0.814 bits per heavy atom. The monoisotopic (exact) mass is 587 g/mol. The van der Waals surface area contributed by atoms with Gasteiger partial charge in [-0.05, 0) is 67.6 Å². The number of aromatic nitrogens is 1. The Morgan fingerprint density at radius 3 is 2.12 bits per heavy atom. The van der Waals surface area contributed by atoms with Crippen molar-refractivity contribution in [3.8, 4) is 51.5 Å². The van der Waals surface area contributed by atoms with E-state index in [1.807, 2.05) is 72.8 Å². The number of hydrogen-bond donors (Lipinski definition) is 1. The molecule has 5 aromatic rings. The molecular formula is C35H29N3O4S. The van der Waals surface area contributed by atoms with Crippen LogP contribution in [0.4, 0.5) is 5.69 Å². The number of rotatable bonds is 10. The smallest absolute Gasteiger partial charge is 0.237 e. The molecule has 1 N–H and O–H groups in total. The normalized spacial score (nSPS) is 11.2. The number of nitriles is 1. The van der Waals surface area contributed by atoms with Crippen LogP contribution in [0.5, 0.6) is 23.0 Å². The number of methoxy groups -OCH3 is 2. The summed E-state index contributed by atoms with van der Waals surface area (Å²) < 4.78 is 17.0. The van der Waals surface area contributed by atoms with Gasteiger partial charge in [0, 0.05) is 22.4 Å². The van der Waals surface area contributed by atoms with Crippen molar-refractivity contribution in [3.63, 3.8) is 0 Å². The van der Waals surface area contributed by atoms with Crippen molar-refractivity contribution in [2.75, 3.05) is 19.5 Å². The number of pyridine rings is 1. The molecule has 1 atom stereocenters. The van der Waals surface area contributed by atoms with Crippen LogP contribution in [0.3, 0.4) is 0 Å². The lowest BCUT2D eigenvalue weighted by atomic mass is 9.98. The van der Waals surface area contributed by atoms with Crippen molar-refractivity contribution in [1.29, 1.82) is 5.26 Å². The summed E-state index contributed by atoms with van der Waals surface area (Å²) in [5, 5.41) is 13.2. The molecule has 1 aromatic heterocycles. The Bertz CT molecular complexity index is 1750. The number of benzene rings is 4. The summed E-state index contributed by atoms with van der Waals surface area (Å²) in [5.74, 6) is 2.38. The molecule has 4 aromatic carbocycles. The molecule has 0 radical (unpaired) electrons. The van der Waals surface area contributed by atoms with Crippen LogP contribution in [0.2, 0.25) is 0 Å². The molecule has 0 bridgehead atoms. The van der Waals surface area contributed by atoms with E-state index in [0.29, 0.717) is 50.3 Å². The number of ether oxygens (including phenoxy) is 3. The molecule has 214 valence electrons. The van der Waals surface area contributed by atoms with E-state index < -0.39 is 5.25 Å². The van der Waals surface area contributed by atoms with Crippen LogP contribution in [0.15, 0.2) is 114 Å². The second kappa shape index (κ2) is 13.6. The highest BCUT2D eigenvalue weighted by Gasteiger charge is 2.23. The third-order valence-corrected chi connectivity index (χ3v) is 7.71. The van der Waals surface area contributed by atoms with Crippen LogP contribution >= 0.6 is 11.8 Å². The number of para-hydroxylation sites is 1. The summed E-state index contributed by atoms with van der Waals surface area (Å²) in [4.78, 5) is 18.1. The molecule has 1 unspecified atom stereocenters. The minimum absolute atomic E-state index is 0.224. The second-order valence-electron chi connectivity index (χ2n) is 9.47. The van der Waals surface area contributed by atoms with Crippen LogP contribution in [0.25, 0.3) is 22.4 Å². The van der Waals surface area contributed by atoms with E-state index in [1.165, 1.54) is 11.8 Å². The molecule has 1 heterocycles. The lowest BCUT2D eigenvalue weighted by molar-refractivity contribution is -0.115. The van der Waals surface area contributed by atoms with Gasteiger partial charge in [-0.1, -0.05) is 60.3 Å². The van der Waals surface area contributed by atoms with Crippen LogP contribution in [-0.2, 0) is 4.79 Å².